The maximum atomic E-state index is 5.58. The molecular weight excluding hydrogens is 218 g/mol. The molecule has 0 aliphatic heterocycles. The van der Waals surface area contributed by atoms with Crippen LogP contribution in [0.15, 0.2) is 23.1 Å². The summed E-state index contributed by atoms with van der Waals surface area (Å²) in [5, 5.41) is 4.05. The molecule has 2 aromatic rings. The summed E-state index contributed by atoms with van der Waals surface area (Å²) in [5.41, 5.74) is 0.648. The number of nitrogens with zero attached hydrogens (tertiary/aromatic N) is 3. The lowest BCUT2D eigenvalue weighted by atomic mass is 10.6. The zero-order valence-electron chi connectivity index (χ0n) is 8.18. The Hall–Kier alpha value is -1.49. The molecule has 0 atom stereocenters. The lowest BCUT2D eigenvalue weighted by molar-refractivity contribution is 0.330. The quantitative estimate of drug-likeness (QED) is 0.753. The molecule has 2 aromatic heterocycles. The third-order valence-electron chi connectivity index (χ3n) is 1.81. The van der Waals surface area contributed by atoms with Crippen molar-refractivity contribution in [3.8, 4) is 11.8 Å². The lowest BCUT2D eigenvalue weighted by Crippen LogP contribution is -1.92. The van der Waals surface area contributed by atoms with Crippen molar-refractivity contribution in [2.24, 2.45) is 0 Å². The molecule has 5 nitrogen and oxygen atoms in total. The average Bonchev–Trinajstić information content (AvgIpc) is 2.87. The molecule has 0 radical (unpaired) electrons. The summed E-state index contributed by atoms with van der Waals surface area (Å²) in [4.78, 5) is 4.00. The number of alkyl halides is 1. The second-order valence-electron chi connectivity index (χ2n) is 2.87. The standard InChI is InChI=1S/C9H10ClN3O2/c1-2-13-5-8(4-11-13)15-9-12-7(3-10)6-14-9/h4-6H,2-3H2,1H3. The van der Waals surface area contributed by atoms with E-state index in [9.17, 15) is 0 Å². The van der Waals surface area contributed by atoms with Gasteiger partial charge in [0.15, 0.2) is 5.75 Å². The zero-order chi connectivity index (χ0) is 10.7. The van der Waals surface area contributed by atoms with Gasteiger partial charge in [0.2, 0.25) is 0 Å². The molecule has 15 heavy (non-hydrogen) atoms. The summed E-state index contributed by atoms with van der Waals surface area (Å²) in [6.07, 6.45) is 5.02. The van der Waals surface area contributed by atoms with Gasteiger partial charge in [-0.05, 0) is 6.92 Å². The molecule has 0 aliphatic carbocycles. The zero-order valence-corrected chi connectivity index (χ0v) is 8.94. The van der Waals surface area contributed by atoms with Gasteiger partial charge in [-0.2, -0.15) is 10.1 Å². The number of halogens is 1. The number of hydrogen-bond acceptors (Lipinski definition) is 4. The Morgan fingerprint density at radius 2 is 2.47 bits per heavy atom. The van der Waals surface area contributed by atoms with Crippen LogP contribution < -0.4 is 4.74 Å². The second-order valence-corrected chi connectivity index (χ2v) is 3.14. The van der Waals surface area contributed by atoms with Crippen molar-refractivity contribution in [3.05, 3.63) is 24.4 Å². The minimum atomic E-state index is 0.182. The smallest absolute Gasteiger partial charge is 0.399 e. The highest BCUT2D eigenvalue weighted by Crippen LogP contribution is 2.20. The SMILES string of the molecule is CCn1cc(Oc2nc(CCl)co2)cn1. The molecule has 0 saturated carbocycles. The summed E-state index contributed by atoms with van der Waals surface area (Å²) in [6, 6.07) is 0. The number of ether oxygens (including phenoxy) is 1. The van der Waals surface area contributed by atoms with Crippen LogP contribution in [0.4, 0.5) is 0 Å². The number of hydrogen-bond donors (Lipinski definition) is 0. The molecule has 0 bridgehead atoms. The summed E-state index contributed by atoms with van der Waals surface area (Å²) < 4.78 is 12.1. The van der Waals surface area contributed by atoms with Gasteiger partial charge in [-0.1, -0.05) is 0 Å². The molecule has 2 heterocycles. The molecule has 0 saturated heterocycles. The maximum absolute atomic E-state index is 5.58. The molecule has 0 N–H and O–H groups in total. The predicted molar refractivity (Wildman–Crippen MR) is 54.0 cm³/mol. The van der Waals surface area contributed by atoms with Crippen LogP contribution in [0.2, 0.25) is 0 Å². The molecule has 0 spiro atoms. The Morgan fingerprint density at radius 3 is 3.07 bits per heavy atom. The summed E-state index contributed by atoms with van der Waals surface area (Å²) in [6.45, 7) is 2.79. The van der Waals surface area contributed by atoms with E-state index in [0.29, 0.717) is 17.3 Å². The van der Waals surface area contributed by atoms with Gasteiger partial charge in [-0.25, -0.2) is 0 Å². The van der Waals surface area contributed by atoms with Crippen molar-refractivity contribution in [1.29, 1.82) is 0 Å². The number of aryl methyl sites for hydroxylation is 1. The van der Waals surface area contributed by atoms with Crippen molar-refractivity contribution >= 4 is 11.6 Å². The van der Waals surface area contributed by atoms with Gasteiger partial charge in [0.05, 0.1) is 24.0 Å². The van der Waals surface area contributed by atoms with E-state index in [4.69, 9.17) is 20.8 Å². The Bertz CT molecular complexity index is 398. The van der Waals surface area contributed by atoms with E-state index in [1.165, 1.54) is 6.26 Å². The van der Waals surface area contributed by atoms with Crippen LogP contribution >= 0.6 is 11.6 Å². The molecule has 6 heteroatoms. The van der Waals surface area contributed by atoms with Gasteiger partial charge < -0.3 is 9.15 Å². The van der Waals surface area contributed by atoms with Gasteiger partial charge in [0.25, 0.3) is 0 Å². The Labute approximate surface area is 91.6 Å². The first-order valence-electron chi connectivity index (χ1n) is 4.52. The third kappa shape index (κ3) is 2.30. The number of rotatable bonds is 4. The lowest BCUT2D eigenvalue weighted by Gasteiger charge is -1.94. The van der Waals surface area contributed by atoms with Gasteiger partial charge in [0, 0.05) is 6.54 Å². The van der Waals surface area contributed by atoms with Gasteiger partial charge in [-0.3, -0.25) is 4.68 Å². The van der Waals surface area contributed by atoms with E-state index in [2.05, 4.69) is 10.1 Å². The van der Waals surface area contributed by atoms with E-state index in [1.54, 1.807) is 17.1 Å². The van der Waals surface area contributed by atoms with Gasteiger partial charge in [0.1, 0.15) is 6.26 Å². The van der Waals surface area contributed by atoms with Crippen LogP contribution in [0.3, 0.4) is 0 Å². The highest BCUT2D eigenvalue weighted by atomic mass is 35.5. The fraction of sp³-hybridized carbons (Fsp3) is 0.333. The van der Waals surface area contributed by atoms with E-state index < -0.39 is 0 Å². The van der Waals surface area contributed by atoms with E-state index >= 15 is 0 Å². The van der Waals surface area contributed by atoms with Crippen molar-refractivity contribution in [1.82, 2.24) is 14.8 Å². The first-order chi connectivity index (χ1) is 7.31. The molecule has 0 fully saturated rings. The topological polar surface area (TPSA) is 53.1 Å². The van der Waals surface area contributed by atoms with Crippen LogP contribution in [0.5, 0.6) is 11.8 Å². The molecule has 0 aliphatic rings. The largest absolute Gasteiger partial charge is 0.417 e. The van der Waals surface area contributed by atoms with Gasteiger partial charge >= 0.3 is 6.08 Å². The monoisotopic (exact) mass is 227 g/mol. The molecule has 0 unspecified atom stereocenters. The fourth-order valence-electron chi connectivity index (χ4n) is 1.07. The molecule has 0 aromatic carbocycles. The minimum absolute atomic E-state index is 0.182. The Morgan fingerprint density at radius 1 is 1.60 bits per heavy atom. The minimum Gasteiger partial charge on any atom is -0.417 e. The molecular formula is C9H10ClN3O2. The normalized spacial score (nSPS) is 10.5. The highest BCUT2D eigenvalue weighted by Gasteiger charge is 2.06. The first kappa shape index (κ1) is 10.0. The van der Waals surface area contributed by atoms with Crippen LogP contribution in [0.25, 0.3) is 0 Å². The second kappa shape index (κ2) is 4.35. The van der Waals surface area contributed by atoms with Crippen molar-refractivity contribution in [2.75, 3.05) is 0 Å². The van der Waals surface area contributed by atoms with Crippen LogP contribution in [-0.4, -0.2) is 14.8 Å². The highest BCUT2D eigenvalue weighted by molar-refractivity contribution is 6.16. The van der Waals surface area contributed by atoms with Crippen LogP contribution in [-0.2, 0) is 12.4 Å². The molecule has 2 rings (SSSR count). The average molecular weight is 228 g/mol. The summed E-state index contributed by atoms with van der Waals surface area (Å²) in [7, 11) is 0. The first-order valence-corrected chi connectivity index (χ1v) is 5.06. The molecule has 80 valence electrons. The molecule has 0 amide bonds. The van der Waals surface area contributed by atoms with Crippen LogP contribution in [0.1, 0.15) is 12.6 Å². The van der Waals surface area contributed by atoms with E-state index in [-0.39, 0.29) is 6.08 Å². The van der Waals surface area contributed by atoms with Crippen molar-refractivity contribution in [2.45, 2.75) is 19.3 Å². The maximum Gasteiger partial charge on any atom is 0.399 e. The Balaban J connectivity index is 2.07. The van der Waals surface area contributed by atoms with Crippen molar-refractivity contribution in [3.63, 3.8) is 0 Å². The fourth-order valence-corrected chi connectivity index (χ4v) is 1.19. The summed E-state index contributed by atoms with van der Waals surface area (Å²) >= 11 is 5.58. The number of oxazole rings is 1. The predicted octanol–water partition coefficient (Wildman–Crippen LogP) is 2.42. The van der Waals surface area contributed by atoms with Gasteiger partial charge in [-0.15, -0.1) is 11.6 Å². The van der Waals surface area contributed by atoms with Crippen LogP contribution in [0, 0.1) is 0 Å². The number of aromatic nitrogens is 3. The Kier molecular flexibility index (Phi) is 2.91. The van der Waals surface area contributed by atoms with Crippen molar-refractivity contribution < 1.29 is 9.15 Å². The van der Waals surface area contributed by atoms with E-state index in [0.717, 1.165) is 6.54 Å². The van der Waals surface area contributed by atoms with E-state index in [1.807, 2.05) is 6.92 Å². The third-order valence-corrected chi connectivity index (χ3v) is 2.08. The summed E-state index contributed by atoms with van der Waals surface area (Å²) in [5.74, 6) is 0.904.